The highest BCUT2D eigenvalue weighted by Gasteiger charge is 2.15. The molecule has 5 nitrogen and oxygen atoms in total. The Balaban J connectivity index is 1.60. The van der Waals surface area contributed by atoms with Crippen LogP contribution in [-0.2, 0) is 0 Å². The van der Waals surface area contributed by atoms with Crippen LogP contribution in [0.5, 0.6) is 0 Å². The largest absolute Gasteiger partial charge is 0.451 e. The summed E-state index contributed by atoms with van der Waals surface area (Å²) in [5, 5.41) is 5.33. The monoisotopic (exact) mass is 388 g/mol. The first kappa shape index (κ1) is 16.0. The Hall–Kier alpha value is -2.48. The number of carbonyl (C=O) groups excluding carboxylic acids is 1. The summed E-state index contributed by atoms with van der Waals surface area (Å²) < 4.78 is 6.19. The molecule has 1 aromatic carbocycles. The number of aromatic nitrogens is 1. The van der Waals surface area contributed by atoms with E-state index in [9.17, 15) is 9.59 Å². The van der Waals surface area contributed by atoms with Crippen LogP contribution in [0.4, 0.5) is 5.13 Å². The maximum atomic E-state index is 12.4. The number of para-hydroxylation sites is 1. The Morgan fingerprint density at radius 1 is 1.20 bits per heavy atom. The topological polar surface area (TPSA) is 72.2 Å². The van der Waals surface area contributed by atoms with Crippen molar-refractivity contribution in [3.05, 3.63) is 68.2 Å². The van der Waals surface area contributed by atoms with E-state index in [-0.39, 0.29) is 11.2 Å². The number of halogens is 1. The summed E-state index contributed by atoms with van der Waals surface area (Å²) in [6.45, 7) is 0. The maximum absolute atomic E-state index is 12.4. The van der Waals surface area contributed by atoms with E-state index >= 15 is 0 Å². The maximum Gasteiger partial charge on any atom is 0.293 e. The molecule has 0 aliphatic heterocycles. The Morgan fingerprint density at radius 2 is 2.04 bits per heavy atom. The van der Waals surface area contributed by atoms with Crippen LogP contribution < -0.4 is 10.7 Å². The van der Waals surface area contributed by atoms with Crippen LogP contribution in [-0.4, -0.2) is 10.9 Å². The second-order valence-corrected chi connectivity index (χ2v) is 7.64. The standard InChI is InChI=1S/C17H9ClN2O3S2/c18-15-6-5-14(25-15)10-8-24-17(19-10)20-16(22)13-7-11(21)9-3-1-2-4-12(9)23-13/h1-8H,(H,19,20,22). The fourth-order valence-corrected chi connectivity index (χ4v) is 4.05. The highest BCUT2D eigenvalue weighted by molar-refractivity contribution is 7.20. The molecule has 3 heterocycles. The van der Waals surface area contributed by atoms with Gasteiger partial charge in [-0.25, -0.2) is 4.98 Å². The summed E-state index contributed by atoms with van der Waals surface area (Å²) >= 11 is 8.62. The summed E-state index contributed by atoms with van der Waals surface area (Å²) in [4.78, 5) is 29.7. The van der Waals surface area contributed by atoms with E-state index in [1.54, 1.807) is 30.3 Å². The zero-order chi connectivity index (χ0) is 17.4. The van der Waals surface area contributed by atoms with Crippen molar-refractivity contribution in [2.75, 3.05) is 5.32 Å². The molecule has 8 heteroatoms. The number of rotatable bonds is 3. The number of anilines is 1. The van der Waals surface area contributed by atoms with E-state index < -0.39 is 5.91 Å². The predicted molar refractivity (Wildman–Crippen MR) is 101 cm³/mol. The van der Waals surface area contributed by atoms with E-state index in [1.807, 2.05) is 11.4 Å². The Kier molecular flexibility index (Phi) is 4.12. The molecular weight excluding hydrogens is 380 g/mol. The fourth-order valence-electron chi connectivity index (χ4n) is 2.27. The number of benzene rings is 1. The van der Waals surface area contributed by atoms with Gasteiger partial charge in [0.1, 0.15) is 5.58 Å². The van der Waals surface area contributed by atoms with Crippen LogP contribution in [0.15, 0.2) is 57.1 Å². The second kappa shape index (κ2) is 6.44. The molecule has 1 N–H and O–H groups in total. The number of thiazole rings is 1. The van der Waals surface area contributed by atoms with Gasteiger partial charge in [-0.1, -0.05) is 23.7 Å². The molecule has 1 amide bonds. The number of fused-ring (bicyclic) bond motifs is 1. The SMILES string of the molecule is O=C(Nc1nc(-c2ccc(Cl)s2)cs1)c1cc(=O)c2ccccc2o1. The molecule has 0 saturated heterocycles. The van der Waals surface area contributed by atoms with Crippen LogP contribution in [0.2, 0.25) is 4.34 Å². The Labute approximate surface area is 154 Å². The van der Waals surface area contributed by atoms with Gasteiger partial charge in [-0.3, -0.25) is 14.9 Å². The Morgan fingerprint density at radius 3 is 2.84 bits per heavy atom. The van der Waals surface area contributed by atoms with Crippen LogP contribution in [0, 0.1) is 0 Å². The molecule has 124 valence electrons. The van der Waals surface area contributed by atoms with E-state index in [1.165, 1.54) is 28.7 Å². The molecular formula is C17H9ClN2O3S2. The normalized spacial score (nSPS) is 10.9. The lowest BCUT2D eigenvalue weighted by Gasteiger charge is -2.02. The van der Waals surface area contributed by atoms with E-state index in [2.05, 4.69) is 10.3 Å². The quantitative estimate of drug-likeness (QED) is 0.542. The predicted octanol–water partition coefficient (Wildman–Crippen LogP) is 4.88. The third kappa shape index (κ3) is 3.21. The molecule has 0 aliphatic rings. The van der Waals surface area contributed by atoms with Crippen molar-refractivity contribution in [1.82, 2.24) is 4.98 Å². The first-order valence-electron chi connectivity index (χ1n) is 7.15. The van der Waals surface area contributed by atoms with Crippen LogP contribution in [0.3, 0.4) is 0 Å². The highest BCUT2D eigenvalue weighted by atomic mass is 35.5. The summed E-state index contributed by atoms with van der Waals surface area (Å²) in [5.41, 5.74) is 0.838. The van der Waals surface area contributed by atoms with Gasteiger partial charge in [0.25, 0.3) is 5.91 Å². The number of nitrogens with one attached hydrogen (secondary N) is 1. The molecule has 0 bridgehead atoms. The lowest BCUT2D eigenvalue weighted by atomic mass is 10.2. The lowest BCUT2D eigenvalue weighted by Crippen LogP contribution is -2.14. The molecule has 0 radical (unpaired) electrons. The molecule has 0 unspecified atom stereocenters. The molecule has 0 fully saturated rings. The zero-order valence-corrected chi connectivity index (χ0v) is 14.9. The van der Waals surface area contributed by atoms with Gasteiger partial charge in [-0.05, 0) is 24.3 Å². The molecule has 25 heavy (non-hydrogen) atoms. The van der Waals surface area contributed by atoms with Crippen molar-refractivity contribution >= 4 is 56.3 Å². The summed E-state index contributed by atoms with van der Waals surface area (Å²) in [6.07, 6.45) is 0. The summed E-state index contributed by atoms with van der Waals surface area (Å²) in [6, 6.07) is 11.6. The van der Waals surface area contributed by atoms with Crippen molar-refractivity contribution in [2.45, 2.75) is 0 Å². The molecule has 0 saturated carbocycles. The third-order valence-electron chi connectivity index (χ3n) is 3.41. The second-order valence-electron chi connectivity index (χ2n) is 5.07. The molecule has 4 rings (SSSR count). The molecule has 0 atom stereocenters. The van der Waals surface area contributed by atoms with Gasteiger partial charge >= 0.3 is 0 Å². The van der Waals surface area contributed by atoms with Crippen molar-refractivity contribution in [1.29, 1.82) is 0 Å². The van der Waals surface area contributed by atoms with E-state index in [0.29, 0.717) is 20.4 Å². The van der Waals surface area contributed by atoms with Gasteiger partial charge in [-0.2, -0.15) is 0 Å². The van der Waals surface area contributed by atoms with Gasteiger partial charge in [-0.15, -0.1) is 22.7 Å². The average Bonchev–Trinajstić information content (AvgIpc) is 3.23. The Bertz CT molecular complexity index is 1150. The smallest absolute Gasteiger partial charge is 0.293 e. The van der Waals surface area contributed by atoms with E-state index in [4.69, 9.17) is 16.0 Å². The van der Waals surface area contributed by atoms with Crippen molar-refractivity contribution < 1.29 is 9.21 Å². The van der Waals surface area contributed by atoms with Crippen LogP contribution in [0.25, 0.3) is 21.5 Å². The zero-order valence-electron chi connectivity index (χ0n) is 12.5. The van der Waals surface area contributed by atoms with Gasteiger partial charge < -0.3 is 4.42 Å². The summed E-state index contributed by atoms with van der Waals surface area (Å²) in [7, 11) is 0. The number of thiophene rings is 1. The van der Waals surface area contributed by atoms with Crippen LogP contribution in [0.1, 0.15) is 10.6 Å². The van der Waals surface area contributed by atoms with Gasteiger partial charge in [0, 0.05) is 11.4 Å². The molecule has 0 spiro atoms. The number of nitrogens with zero attached hydrogens (tertiary/aromatic N) is 1. The van der Waals surface area contributed by atoms with Gasteiger partial charge in [0.05, 0.1) is 20.3 Å². The van der Waals surface area contributed by atoms with Crippen molar-refractivity contribution in [2.24, 2.45) is 0 Å². The first-order chi connectivity index (χ1) is 12.1. The van der Waals surface area contributed by atoms with E-state index in [0.717, 1.165) is 10.6 Å². The molecule has 4 aromatic rings. The average molecular weight is 389 g/mol. The highest BCUT2D eigenvalue weighted by Crippen LogP contribution is 2.32. The first-order valence-corrected chi connectivity index (χ1v) is 9.23. The number of amides is 1. The third-order valence-corrected chi connectivity index (χ3v) is 5.42. The summed E-state index contributed by atoms with van der Waals surface area (Å²) in [5.74, 6) is -0.576. The lowest BCUT2D eigenvalue weighted by molar-refractivity contribution is 0.0997. The minimum atomic E-state index is -0.520. The van der Waals surface area contributed by atoms with Gasteiger partial charge in [0.2, 0.25) is 0 Å². The number of hydrogen-bond acceptors (Lipinski definition) is 6. The van der Waals surface area contributed by atoms with Gasteiger partial charge in [0.15, 0.2) is 16.3 Å². The van der Waals surface area contributed by atoms with Crippen LogP contribution >= 0.6 is 34.3 Å². The number of carbonyl (C=O) groups is 1. The van der Waals surface area contributed by atoms with Crippen molar-refractivity contribution in [3.8, 4) is 10.6 Å². The minimum Gasteiger partial charge on any atom is -0.451 e. The van der Waals surface area contributed by atoms with Crippen molar-refractivity contribution in [3.63, 3.8) is 0 Å². The molecule has 3 aromatic heterocycles. The number of hydrogen-bond donors (Lipinski definition) is 1. The molecule has 0 aliphatic carbocycles. The fraction of sp³-hybridized carbons (Fsp3) is 0. The minimum absolute atomic E-state index is 0.0559.